The lowest BCUT2D eigenvalue weighted by molar-refractivity contribution is -0.0457. The Balaban J connectivity index is 1.67. The van der Waals surface area contributed by atoms with E-state index in [2.05, 4.69) is 10.3 Å². The van der Waals surface area contributed by atoms with Crippen LogP contribution in [-0.4, -0.2) is 47.4 Å². The number of rotatable bonds is 5. The summed E-state index contributed by atoms with van der Waals surface area (Å²) < 4.78 is 13.4. The van der Waals surface area contributed by atoms with Crippen molar-refractivity contribution >= 4 is 16.9 Å². The van der Waals surface area contributed by atoms with E-state index in [0.29, 0.717) is 25.4 Å². The number of aryl methyl sites for hydroxylation is 1. The first kappa shape index (κ1) is 17.6. The van der Waals surface area contributed by atoms with Crippen LogP contribution in [-0.2, 0) is 16.5 Å². The van der Waals surface area contributed by atoms with E-state index < -0.39 is 0 Å². The standard InChI is InChI=1S/C19H25N3O3/c1-13(2)6-9-25-18-7-8-24-11-16(18)21-19(23)14-4-5-17-15(10-14)20-12-22(17)3/h4-6,10,12,16,18H,7-9,11H2,1-3H3,(H,21,23). The Bertz CT molecular complexity index is 777. The quantitative estimate of drug-likeness (QED) is 0.847. The minimum atomic E-state index is -0.147. The van der Waals surface area contributed by atoms with Gasteiger partial charge in [0.1, 0.15) is 0 Å². The highest BCUT2D eigenvalue weighted by Crippen LogP contribution is 2.16. The highest BCUT2D eigenvalue weighted by Gasteiger charge is 2.28. The highest BCUT2D eigenvalue weighted by atomic mass is 16.5. The monoisotopic (exact) mass is 343 g/mol. The molecule has 1 aromatic heterocycles. The minimum Gasteiger partial charge on any atom is -0.379 e. The van der Waals surface area contributed by atoms with Crippen molar-refractivity contribution in [3.8, 4) is 0 Å². The van der Waals surface area contributed by atoms with Crippen LogP contribution in [0.4, 0.5) is 0 Å². The maximum absolute atomic E-state index is 12.6. The van der Waals surface area contributed by atoms with Crippen molar-refractivity contribution in [2.24, 2.45) is 7.05 Å². The highest BCUT2D eigenvalue weighted by molar-refractivity contribution is 5.97. The van der Waals surface area contributed by atoms with Crippen molar-refractivity contribution in [1.29, 1.82) is 0 Å². The third-order valence-corrected chi connectivity index (χ3v) is 4.40. The zero-order valence-corrected chi connectivity index (χ0v) is 15.0. The van der Waals surface area contributed by atoms with Crippen LogP contribution in [0.2, 0.25) is 0 Å². The van der Waals surface area contributed by atoms with Crippen molar-refractivity contribution in [3.05, 3.63) is 41.7 Å². The average Bonchev–Trinajstić information content (AvgIpc) is 2.96. The second kappa shape index (κ2) is 7.80. The summed E-state index contributed by atoms with van der Waals surface area (Å²) in [5.41, 5.74) is 3.63. The lowest BCUT2D eigenvalue weighted by atomic mass is 10.1. The number of benzene rings is 1. The van der Waals surface area contributed by atoms with Crippen molar-refractivity contribution in [1.82, 2.24) is 14.9 Å². The summed E-state index contributed by atoms with van der Waals surface area (Å²) >= 11 is 0. The number of aromatic nitrogens is 2. The van der Waals surface area contributed by atoms with E-state index in [1.165, 1.54) is 5.57 Å². The Hall–Kier alpha value is -2.18. The molecular formula is C19H25N3O3. The Kier molecular flexibility index (Phi) is 5.50. The molecule has 0 radical (unpaired) electrons. The van der Waals surface area contributed by atoms with Gasteiger partial charge in [0.2, 0.25) is 0 Å². The van der Waals surface area contributed by atoms with Crippen LogP contribution in [0.1, 0.15) is 30.6 Å². The van der Waals surface area contributed by atoms with E-state index in [1.54, 1.807) is 6.33 Å². The molecule has 2 atom stereocenters. The van der Waals surface area contributed by atoms with E-state index >= 15 is 0 Å². The van der Waals surface area contributed by atoms with Crippen molar-refractivity contribution in [2.75, 3.05) is 19.8 Å². The van der Waals surface area contributed by atoms with Crippen LogP contribution in [0.3, 0.4) is 0 Å². The average molecular weight is 343 g/mol. The lowest BCUT2D eigenvalue weighted by Crippen LogP contribution is -2.50. The Morgan fingerprint density at radius 1 is 1.48 bits per heavy atom. The molecule has 1 aliphatic heterocycles. The first-order valence-corrected chi connectivity index (χ1v) is 8.59. The van der Waals surface area contributed by atoms with Crippen molar-refractivity contribution in [2.45, 2.75) is 32.4 Å². The van der Waals surface area contributed by atoms with Gasteiger partial charge in [-0.2, -0.15) is 0 Å². The van der Waals surface area contributed by atoms with Gasteiger partial charge >= 0.3 is 0 Å². The lowest BCUT2D eigenvalue weighted by Gasteiger charge is -2.31. The normalized spacial score (nSPS) is 20.4. The van der Waals surface area contributed by atoms with Crippen LogP contribution < -0.4 is 5.32 Å². The summed E-state index contributed by atoms with van der Waals surface area (Å²) in [4.78, 5) is 16.9. The molecule has 1 N–H and O–H groups in total. The number of imidazole rings is 1. The van der Waals surface area contributed by atoms with E-state index in [4.69, 9.17) is 9.47 Å². The molecule has 1 amide bonds. The molecular weight excluding hydrogens is 318 g/mol. The maximum Gasteiger partial charge on any atom is 0.251 e. The summed E-state index contributed by atoms with van der Waals surface area (Å²) in [5.74, 6) is -0.126. The number of carbonyl (C=O) groups excluding carboxylic acids is 1. The second-order valence-electron chi connectivity index (χ2n) is 6.66. The van der Waals surface area contributed by atoms with E-state index in [1.807, 2.05) is 49.7 Å². The fourth-order valence-electron chi connectivity index (χ4n) is 2.92. The topological polar surface area (TPSA) is 65.4 Å². The number of hydrogen-bond acceptors (Lipinski definition) is 4. The number of allylic oxidation sites excluding steroid dienone is 1. The molecule has 0 aliphatic carbocycles. The molecule has 0 bridgehead atoms. The fourth-order valence-corrected chi connectivity index (χ4v) is 2.92. The summed E-state index contributed by atoms with van der Waals surface area (Å²) in [6, 6.07) is 5.40. The van der Waals surface area contributed by atoms with Gasteiger partial charge in [0.15, 0.2) is 0 Å². The van der Waals surface area contributed by atoms with Gasteiger partial charge in [-0.15, -0.1) is 0 Å². The summed E-state index contributed by atoms with van der Waals surface area (Å²) in [5, 5.41) is 3.05. The zero-order chi connectivity index (χ0) is 17.8. The molecule has 1 aliphatic rings. The van der Waals surface area contributed by atoms with Crippen LogP contribution in [0.25, 0.3) is 11.0 Å². The van der Waals surface area contributed by atoms with Crippen molar-refractivity contribution < 1.29 is 14.3 Å². The number of fused-ring (bicyclic) bond motifs is 1. The second-order valence-corrected chi connectivity index (χ2v) is 6.66. The molecule has 0 saturated carbocycles. The predicted molar refractivity (Wildman–Crippen MR) is 96.6 cm³/mol. The Labute approximate surface area is 147 Å². The molecule has 0 spiro atoms. The first-order valence-electron chi connectivity index (χ1n) is 8.59. The molecule has 25 heavy (non-hydrogen) atoms. The summed E-state index contributed by atoms with van der Waals surface area (Å²) in [7, 11) is 1.93. The first-order chi connectivity index (χ1) is 12.0. The van der Waals surface area contributed by atoms with Crippen LogP contribution >= 0.6 is 0 Å². The number of ether oxygens (including phenoxy) is 2. The SMILES string of the molecule is CC(C)=CCOC1CCOCC1NC(=O)c1ccc2c(c1)ncn2C. The van der Waals surface area contributed by atoms with Gasteiger partial charge in [-0.3, -0.25) is 4.79 Å². The fraction of sp³-hybridized carbons (Fsp3) is 0.474. The Morgan fingerprint density at radius 2 is 2.32 bits per heavy atom. The van der Waals surface area contributed by atoms with Gasteiger partial charge in [-0.25, -0.2) is 4.98 Å². The number of hydrogen-bond donors (Lipinski definition) is 1. The van der Waals surface area contributed by atoms with Gasteiger partial charge in [0.25, 0.3) is 5.91 Å². The van der Waals surface area contributed by atoms with Gasteiger partial charge < -0.3 is 19.4 Å². The molecule has 3 rings (SSSR count). The van der Waals surface area contributed by atoms with Crippen LogP contribution in [0.15, 0.2) is 36.2 Å². The molecule has 1 fully saturated rings. The largest absolute Gasteiger partial charge is 0.379 e. The molecule has 1 saturated heterocycles. The van der Waals surface area contributed by atoms with E-state index in [0.717, 1.165) is 17.5 Å². The number of amides is 1. The number of carbonyl (C=O) groups is 1. The number of nitrogens with zero attached hydrogens (tertiary/aromatic N) is 2. The van der Waals surface area contributed by atoms with E-state index in [9.17, 15) is 4.79 Å². The maximum atomic E-state index is 12.6. The summed E-state index contributed by atoms with van der Waals surface area (Å²) in [6.07, 6.45) is 4.53. The molecule has 2 unspecified atom stereocenters. The third kappa shape index (κ3) is 4.27. The Morgan fingerprint density at radius 3 is 3.12 bits per heavy atom. The smallest absolute Gasteiger partial charge is 0.251 e. The molecule has 2 aromatic rings. The predicted octanol–water partition coefficient (Wildman–Crippen LogP) is 2.44. The molecule has 2 heterocycles. The molecule has 134 valence electrons. The van der Waals surface area contributed by atoms with Gasteiger partial charge in [-0.1, -0.05) is 11.6 Å². The van der Waals surface area contributed by atoms with Crippen LogP contribution in [0, 0.1) is 0 Å². The molecule has 6 nitrogen and oxygen atoms in total. The zero-order valence-electron chi connectivity index (χ0n) is 15.0. The van der Waals surface area contributed by atoms with Crippen molar-refractivity contribution in [3.63, 3.8) is 0 Å². The number of nitrogens with one attached hydrogen (secondary N) is 1. The molecule has 1 aromatic carbocycles. The molecule has 6 heteroatoms. The van der Waals surface area contributed by atoms with Gasteiger partial charge in [0, 0.05) is 19.2 Å². The van der Waals surface area contributed by atoms with Gasteiger partial charge in [-0.05, 0) is 38.5 Å². The minimum absolute atomic E-state index is 0.0353. The van der Waals surface area contributed by atoms with Gasteiger partial charge in [0.05, 0.1) is 42.7 Å². The summed E-state index contributed by atoms with van der Waals surface area (Å²) in [6.45, 7) is 5.77. The third-order valence-electron chi connectivity index (χ3n) is 4.40. The van der Waals surface area contributed by atoms with Crippen LogP contribution in [0.5, 0.6) is 0 Å². The van der Waals surface area contributed by atoms with E-state index in [-0.39, 0.29) is 18.1 Å².